The molecule has 0 saturated carbocycles. The minimum atomic E-state index is 0. The summed E-state index contributed by atoms with van der Waals surface area (Å²) in [4.78, 5) is 7.20. The molecule has 0 spiro atoms. The van der Waals surface area contributed by atoms with Gasteiger partial charge in [0.05, 0.1) is 5.52 Å². The molecule has 20 heavy (non-hydrogen) atoms. The number of anilines is 1. The van der Waals surface area contributed by atoms with Crippen LogP contribution in [0.2, 0.25) is 0 Å². The fourth-order valence-electron chi connectivity index (χ4n) is 2.70. The first-order chi connectivity index (χ1) is 9.28. The predicted octanol–water partition coefficient (Wildman–Crippen LogP) is 2.94. The molecular weight excluding hydrogens is 270 g/mol. The van der Waals surface area contributed by atoms with Crippen molar-refractivity contribution in [3.63, 3.8) is 0 Å². The standard InChI is InChI=1S/C16H21N3.ClH/c1-3-13-4-5-15-14(11-13)12(2)10-16(18-15)19-8-6-17-7-9-19;/h4-5,10-11,17H,3,6-9H2,1-2H3;1H. The van der Waals surface area contributed by atoms with Crippen molar-refractivity contribution in [3.8, 4) is 0 Å². The number of aryl methyl sites for hydroxylation is 2. The van der Waals surface area contributed by atoms with Crippen LogP contribution >= 0.6 is 12.4 Å². The van der Waals surface area contributed by atoms with E-state index < -0.39 is 0 Å². The van der Waals surface area contributed by atoms with Crippen molar-refractivity contribution in [2.24, 2.45) is 0 Å². The maximum atomic E-state index is 4.83. The lowest BCUT2D eigenvalue weighted by molar-refractivity contribution is 0.585. The third kappa shape index (κ3) is 2.89. The van der Waals surface area contributed by atoms with E-state index in [1.807, 2.05) is 0 Å². The van der Waals surface area contributed by atoms with Crippen LogP contribution in [-0.2, 0) is 6.42 Å². The number of benzene rings is 1. The van der Waals surface area contributed by atoms with E-state index in [1.54, 1.807) is 0 Å². The predicted molar refractivity (Wildman–Crippen MR) is 88.2 cm³/mol. The van der Waals surface area contributed by atoms with Crippen molar-refractivity contribution in [1.82, 2.24) is 10.3 Å². The lowest BCUT2D eigenvalue weighted by atomic mass is 10.1. The third-order valence-electron chi connectivity index (χ3n) is 3.92. The summed E-state index contributed by atoms with van der Waals surface area (Å²) in [5.41, 5.74) is 3.83. The number of pyridine rings is 1. The molecule has 1 saturated heterocycles. The molecule has 1 fully saturated rings. The van der Waals surface area contributed by atoms with Crippen LogP contribution in [0.3, 0.4) is 0 Å². The lowest BCUT2D eigenvalue weighted by Crippen LogP contribution is -2.43. The molecule has 0 unspecified atom stereocenters. The van der Waals surface area contributed by atoms with Crippen molar-refractivity contribution in [2.45, 2.75) is 20.3 Å². The second-order valence-corrected chi connectivity index (χ2v) is 5.24. The van der Waals surface area contributed by atoms with E-state index in [9.17, 15) is 0 Å². The Hall–Kier alpha value is -1.32. The molecule has 3 nitrogen and oxygen atoms in total. The molecule has 2 aromatic rings. The second-order valence-electron chi connectivity index (χ2n) is 5.24. The Kier molecular flexibility index (Phi) is 4.84. The summed E-state index contributed by atoms with van der Waals surface area (Å²) in [7, 11) is 0. The maximum absolute atomic E-state index is 4.83. The minimum absolute atomic E-state index is 0. The molecule has 3 rings (SSSR count). The van der Waals surface area contributed by atoms with Gasteiger partial charge < -0.3 is 10.2 Å². The van der Waals surface area contributed by atoms with E-state index in [2.05, 4.69) is 48.3 Å². The molecule has 108 valence electrons. The number of halogens is 1. The quantitative estimate of drug-likeness (QED) is 0.922. The largest absolute Gasteiger partial charge is 0.354 e. The van der Waals surface area contributed by atoms with Crippen LogP contribution < -0.4 is 10.2 Å². The Bertz CT molecular complexity index is 592. The summed E-state index contributed by atoms with van der Waals surface area (Å²) in [6.45, 7) is 8.57. The Balaban J connectivity index is 0.00000147. The average molecular weight is 292 g/mol. The van der Waals surface area contributed by atoms with E-state index >= 15 is 0 Å². The van der Waals surface area contributed by atoms with Crippen molar-refractivity contribution in [1.29, 1.82) is 0 Å². The number of fused-ring (bicyclic) bond motifs is 1. The van der Waals surface area contributed by atoms with Crippen LogP contribution in [0.1, 0.15) is 18.1 Å². The molecular formula is C16H22ClN3. The minimum Gasteiger partial charge on any atom is -0.354 e. The van der Waals surface area contributed by atoms with Gasteiger partial charge in [0, 0.05) is 31.6 Å². The number of rotatable bonds is 2. The molecule has 1 aromatic heterocycles. The molecule has 1 aromatic carbocycles. The number of nitrogens with one attached hydrogen (secondary N) is 1. The number of aromatic nitrogens is 1. The van der Waals surface area contributed by atoms with E-state index in [1.165, 1.54) is 16.5 Å². The van der Waals surface area contributed by atoms with E-state index in [0.29, 0.717) is 0 Å². The molecule has 1 aliphatic rings. The van der Waals surface area contributed by atoms with Crippen molar-refractivity contribution in [3.05, 3.63) is 35.4 Å². The first-order valence-electron chi connectivity index (χ1n) is 7.14. The molecule has 0 amide bonds. The first kappa shape index (κ1) is 15.1. The monoisotopic (exact) mass is 291 g/mol. The van der Waals surface area contributed by atoms with Gasteiger partial charge in [0.25, 0.3) is 0 Å². The fraction of sp³-hybridized carbons (Fsp3) is 0.438. The Morgan fingerprint density at radius 2 is 1.95 bits per heavy atom. The smallest absolute Gasteiger partial charge is 0.129 e. The molecule has 0 radical (unpaired) electrons. The van der Waals surface area contributed by atoms with Gasteiger partial charge >= 0.3 is 0 Å². The summed E-state index contributed by atoms with van der Waals surface area (Å²) in [5, 5.41) is 4.67. The molecule has 2 heterocycles. The molecule has 4 heteroatoms. The Morgan fingerprint density at radius 1 is 1.20 bits per heavy atom. The second kappa shape index (κ2) is 6.42. The summed E-state index contributed by atoms with van der Waals surface area (Å²) in [6.07, 6.45) is 1.08. The molecule has 0 bridgehead atoms. The molecule has 0 aliphatic carbocycles. The Labute approximate surface area is 126 Å². The van der Waals surface area contributed by atoms with E-state index in [-0.39, 0.29) is 12.4 Å². The lowest BCUT2D eigenvalue weighted by Gasteiger charge is -2.29. The normalized spacial score (nSPS) is 15.2. The number of nitrogens with zero attached hydrogens (tertiary/aromatic N) is 2. The zero-order chi connectivity index (χ0) is 13.2. The van der Waals surface area contributed by atoms with Crippen molar-refractivity contribution in [2.75, 3.05) is 31.1 Å². The SMILES string of the molecule is CCc1ccc2nc(N3CCNCC3)cc(C)c2c1.Cl. The van der Waals surface area contributed by atoms with E-state index in [0.717, 1.165) is 43.9 Å². The summed E-state index contributed by atoms with van der Waals surface area (Å²) in [6, 6.07) is 8.86. The topological polar surface area (TPSA) is 28.2 Å². The Morgan fingerprint density at radius 3 is 2.65 bits per heavy atom. The zero-order valence-corrected chi connectivity index (χ0v) is 13.0. The number of hydrogen-bond donors (Lipinski definition) is 1. The average Bonchev–Trinajstić information content (AvgIpc) is 2.48. The van der Waals surface area contributed by atoms with Crippen LogP contribution in [-0.4, -0.2) is 31.2 Å². The van der Waals surface area contributed by atoms with Crippen LogP contribution in [0.25, 0.3) is 10.9 Å². The highest BCUT2D eigenvalue weighted by Crippen LogP contribution is 2.24. The van der Waals surface area contributed by atoms with Gasteiger partial charge in [0.2, 0.25) is 0 Å². The highest BCUT2D eigenvalue weighted by atomic mass is 35.5. The van der Waals surface area contributed by atoms with Gasteiger partial charge in [0.15, 0.2) is 0 Å². The van der Waals surface area contributed by atoms with Gasteiger partial charge in [-0.15, -0.1) is 12.4 Å². The summed E-state index contributed by atoms with van der Waals surface area (Å²) < 4.78 is 0. The highest BCUT2D eigenvalue weighted by molar-refractivity contribution is 5.85. The third-order valence-corrected chi connectivity index (χ3v) is 3.92. The van der Waals surface area contributed by atoms with Crippen molar-refractivity contribution < 1.29 is 0 Å². The van der Waals surface area contributed by atoms with E-state index in [4.69, 9.17) is 4.98 Å². The van der Waals surface area contributed by atoms with Gasteiger partial charge in [-0.3, -0.25) is 0 Å². The molecule has 1 N–H and O–H groups in total. The van der Waals surface area contributed by atoms with Crippen LogP contribution in [0, 0.1) is 6.92 Å². The highest BCUT2D eigenvalue weighted by Gasteiger charge is 2.13. The molecule has 0 atom stereocenters. The summed E-state index contributed by atoms with van der Waals surface area (Å²) in [5.74, 6) is 1.12. The van der Waals surface area contributed by atoms with Crippen LogP contribution in [0.5, 0.6) is 0 Å². The molecule has 1 aliphatic heterocycles. The van der Waals surface area contributed by atoms with Gasteiger partial charge in [-0.25, -0.2) is 4.98 Å². The van der Waals surface area contributed by atoms with Gasteiger partial charge in [-0.05, 0) is 42.7 Å². The van der Waals surface area contributed by atoms with Gasteiger partial charge in [-0.1, -0.05) is 13.0 Å². The number of piperazine rings is 1. The number of hydrogen-bond acceptors (Lipinski definition) is 3. The zero-order valence-electron chi connectivity index (χ0n) is 12.1. The van der Waals surface area contributed by atoms with Crippen LogP contribution in [0.15, 0.2) is 24.3 Å². The van der Waals surface area contributed by atoms with Gasteiger partial charge in [0.1, 0.15) is 5.82 Å². The van der Waals surface area contributed by atoms with Crippen molar-refractivity contribution >= 4 is 29.1 Å². The fourth-order valence-corrected chi connectivity index (χ4v) is 2.70. The van der Waals surface area contributed by atoms with Gasteiger partial charge in [-0.2, -0.15) is 0 Å². The van der Waals surface area contributed by atoms with Crippen LogP contribution in [0.4, 0.5) is 5.82 Å². The maximum Gasteiger partial charge on any atom is 0.129 e. The summed E-state index contributed by atoms with van der Waals surface area (Å²) >= 11 is 0. The first-order valence-corrected chi connectivity index (χ1v) is 7.14.